The molecule has 1 aliphatic carbocycles. The standard InChI is InChI=1S/C12H13ClN4O/c1-12(2,7-14)17(8-3-4-8)11(18)9-5-16-10(13)6-15-9/h5-6,8H,3-4H2,1-2H3. The topological polar surface area (TPSA) is 69.9 Å². The van der Waals surface area contributed by atoms with Crippen LogP contribution in [0.1, 0.15) is 37.2 Å². The van der Waals surface area contributed by atoms with Gasteiger partial charge in [0.2, 0.25) is 0 Å². The van der Waals surface area contributed by atoms with Crippen molar-refractivity contribution >= 4 is 17.5 Å². The highest BCUT2D eigenvalue weighted by atomic mass is 35.5. The van der Waals surface area contributed by atoms with Gasteiger partial charge in [0.05, 0.1) is 18.5 Å². The smallest absolute Gasteiger partial charge is 0.275 e. The Morgan fingerprint density at radius 2 is 2.17 bits per heavy atom. The summed E-state index contributed by atoms with van der Waals surface area (Å²) in [4.78, 5) is 21.8. The number of halogens is 1. The number of nitrogens with zero attached hydrogens (tertiary/aromatic N) is 4. The summed E-state index contributed by atoms with van der Waals surface area (Å²) in [6.45, 7) is 3.46. The average molecular weight is 265 g/mol. The molecule has 2 rings (SSSR count). The fourth-order valence-corrected chi connectivity index (χ4v) is 1.91. The van der Waals surface area contributed by atoms with Gasteiger partial charge in [-0.2, -0.15) is 5.26 Å². The van der Waals surface area contributed by atoms with Crippen LogP contribution in [0.3, 0.4) is 0 Å². The predicted octanol–water partition coefficient (Wildman–Crippen LogP) is 2.04. The summed E-state index contributed by atoms with van der Waals surface area (Å²) in [6, 6.07) is 2.28. The zero-order valence-corrected chi connectivity index (χ0v) is 11.0. The van der Waals surface area contributed by atoms with Gasteiger partial charge >= 0.3 is 0 Å². The van der Waals surface area contributed by atoms with Crippen molar-refractivity contribution in [2.75, 3.05) is 0 Å². The molecule has 1 amide bonds. The van der Waals surface area contributed by atoms with Crippen molar-refractivity contribution in [3.63, 3.8) is 0 Å². The minimum Gasteiger partial charge on any atom is -0.316 e. The van der Waals surface area contributed by atoms with E-state index in [1.807, 2.05) is 0 Å². The Labute approximate surface area is 110 Å². The summed E-state index contributed by atoms with van der Waals surface area (Å²) in [5, 5.41) is 9.42. The normalized spacial score (nSPS) is 15.0. The van der Waals surface area contributed by atoms with Crippen LogP contribution in [0.2, 0.25) is 5.15 Å². The summed E-state index contributed by atoms with van der Waals surface area (Å²) in [6.07, 6.45) is 4.53. The second kappa shape index (κ2) is 4.54. The minimum atomic E-state index is -0.848. The lowest BCUT2D eigenvalue weighted by molar-refractivity contribution is 0.0608. The maximum Gasteiger partial charge on any atom is 0.275 e. The number of hydrogen-bond donors (Lipinski definition) is 0. The van der Waals surface area contributed by atoms with Crippen molar-refractivity contribution in [1.82, 2.24) is 14.9 Å². The quantitative estimate of drug-likeness (QED) is 0.838. The summed E-state index contributed by atoms with van der Waals surface area (Å²) < 4.78 is 0. The molecule has 0 radical (unpaired) electrons. The number of rotatable bonds is 3. The van der Waals surface area contributed by atoms with E-state index in [1.165, 1.54) is 12.4 Å². The Bertz CT molecular complexity index is 502. The fourth-order valence-electron chi connectivity index (χ4n) is 1.81. The maximum atomic E-state index is 12.4. The molecule has 0 N–H and O–H groups in total. The summed E-state index contributed by atoms with van der Waals surface area (Å²) in [5.74, 6) is -0.270. The highest BCUT2D eigenvalue weighted by molar-refractivity contribution is 6.29. The van der Waals surface area contributed by atoms with Crippen molar-refractivity contribution in [2.24, 2.45) is 0 Å². The van der Waals surface area contributed by atoms with E-state index in [4.69, 9.17) is 11.6 Å². The highest BCUT2D eigenvalue weighted by Crippen LogP contribution is 2.33. The molecule has 94 valence electrons. The maximum absolute atomic E-state index is 12.4. The number of hydrogen-bond acceptors (Lipinski definition) is 4. The van der Waals surface area contributed by atoms with Crippen LogP contribution in [-0.4, -0.2) is 32.4 Å². The third kappa shape index (κ3) is 2.44. The second-order valence-corrected chi connectivity index (χ2v) is 5.19. The summed E-state index contributed by atoms with van der Waals surface area (Å²) >= 11 is 5.64. The van der Waals surface area contributed by atoms with Gasteiger partial charge in [0.25, 0.3) is 5.91 Å². The SMILES string of the molecule is CC(C)(C#N)N(C(=O)c1cnc(Cl)cn1)C1CC1. The minimum absolute atomic E-state index is 0.129. The van der Waals surface area contributed by atoms with Crippen LogP contribution in [0.25, 0.3) is 0 Å². The first kappa shape index (κ1) is 12.8. The first-order valence-electron chi connectivity index (χ1n) is 5.68. The number of carbonyl (C=O) groups is 1. The third-order valence-electron chi connectivity index (χ3n) is 2.85. The van der Waals surface area contributed by atoms with E-state index in [2.05, 4.69) is 16.0 Å². The number of aromatic nitrogens is 2. The van der Waals surface area contributed by atoms with Gasteiger partial charge in [-0.15, -0.1) is 0 Å². The largest absolute Gasteiger partial charge is 0.316 e. The monoisotopic (exact) mass is 264 g/mol. The van der Waals surface area contributed by atoms with Gasteiger partial charge in [-0.25, -0.2) is 9.97 Å². The van der Waals surface area contributed by atoms with Crippen LogP contribution in [0.4, 0.5) is 0 Å². The van der Waals surface area contributed by atoms with E-state index in [-0.39, 0.29) is 22.8 Å². The van der Waals surface area contributed by atoms with Crippen LogP contribution in [0.15, 0.2) is 12.4 Å². The lowest BCUT2D eigenvalue weighted by Crippen LogP contribution is -2.48. The molecule has 0 aromatic carbocycles. The lowest BCUT2D eigenvalue weighted by Gasteiger charge is -2.32. The third-order valence-corrected chi connectivity index (χ3v) is 3.04. The first-order chi connectivity index (χ1) is 8.45. The Morgan fingerprint density at radius 3 is 2.61 bits per heavy atom. The second-order valence-electron chi connectivity index (χ2n) is 4.80. The molecule has 0 spiro atoms. The van der Waals surface area contributed by atoms with Gasteiger partial charge in [0.15, 0.2) is 0 Å². The van der Waals surface area contributed by atoms with Crippen LogP contribution in [-0.2, 0) is 0 Å². The molecule has 1 fully saturated rings. The van der Waals surface area contributed by atoms with Gasteiger partial charge in [0, 0.05) is 6.04 Å². The summed E-state index contributed by atoms with van der Waals surface area (Å²) in [7, 11) is 0. The molecule has 6 heteroatoms. The Morgan fingerprint density at radius 1 is 1.50 bits per heavy atom. The molecular weight excluding hydrogens is 252 g/mol. The van der Waals surface area contributed by atoms with Crippen molar-refractivity contribution < 1.29 is 4.79 Å². The van der Waals surface area contributed by atoms with Gasteiger partial charge in [0.1, 0.15) is 16.4 Å². The van der Waals surface area contributed by atoms with E-state index in [0.29, 0.717) is 0 Å². The molecule has 1 aromatic rings. The molecule has 0 unspecified atom stereocenters. The molecule has 5 nitrogen and oxygen atoms in total. The van der Waals surface area contributed by atoms with Gasteiger partial charge < -0.3 is 4.90 Å². The van der Waals surface area contributed by atoms with Crippen molar-refractivity contribution in [3.05, 3.63) is 23.2 Å². The van der Waals surface area contributed by atoms with Crippen LogP contribution in [0.5, 0.6) is 0 Å². The van der Waals surface area contributed by atoms with Crippen molar-refractivity contribution in [3.8, 4) is 6.07 Å². The average Bonchev–Trinajstić information content (AvgIpc) is 3.14. The van der Waals surface area contributed by atoms with Gasteiger partial charge in [-0.1, -0.05) is 11.6 Å². The molecular formula is C12H13ClN4O. The predicted molar refractivity (Wildman–Crippen MR) is 65.9 cm³/mol. The Kier molecular flexibility index (Phi) is 3.22. The number of nitriles is 1. The zero-order chi connectivity index (χ0) is 13.3. The van der Waals surface area contributed by atoms with E-state index in [0.717, 1.165) is 12.8 Å². The van der Waals surface area contributed by atoms with E-state index in [1.54, 1.807) is 18.7 Å². The van der Waals surface area contributed by atoms with Crippen LogP contribution < -0.4 is 0 Å². The molecule has 0 saturated heterocycles. The number of carbonyl (C=O) groups excluding carboxylic acids is 1. The molecule has 1 saturated carbocycles. The van der Waals surface area contributed by atoms with E-state index < -0.39 is 5.54 Å². The van der Waals surface area contributed by atoms with Crippen LogP contribution in [0, 0.1) is 11.3 Å². The molecule has 1 aromatic heterocycles. The van der Waals surface area contributed by atoms with Crippen LogP contribution >= 0.6 is 11.6 Å². The number of amides is 1. The fraction of sp³-hybridized carbons (Fsp3) is 0.500. The highest BCUT2D eigenvalue weighted by Gasteiger charge is 2.42. The Balaban J connectivity index is 2.30. The molecule has 18 heavy (non-hydrogen) atoms. The van der Waals surface area contributed by atoms with Crippen molar-refractivity contribution in [1.29, 1.82) is 5.26 Å². The zero-order valence-electron chi connectivity index (χ0n) is 10.2. The molecule has 0 atom stereocenters. The van der Waals surface area contributed by atoms with Crippen molar-refractivity contribution in [2.45, 2.75) is 38.3 Å². The Hall–Kier alpha value is -1.67. The van der Waals surface area contributed by atoms with Gasteiger partial charge in [-0.05, 0) is 26.7 Å². The molecule has 1 aliphatic rings. The van der Waals surface area contributed by atoms with E-state index >= 15 is 0 Å². The lowest BCUT2D eigenvalue weighted by atomic mass is 10.0. The van der Waals surface area contributed by atoms with E-state index in [9.17, 15) is 10.1 Å². The van der Waals surface area contributed by atoms with Gasteiger partial charge in [-0.3, -0.25) is 4.79 Å². The first-order valence-corrected chi connectivity index (χ1v) is 6.06. The molecule has 0 bridgehead atoms. The molecule has 0 aliphatic heterocycles. The summed E-state index contributed by atoms with van der Waals surface area (Å²) in [5.41, 5.74) is -0.630. The molecule has 1 heterocycles.